The molecule has 2 N–H and O–H groups in total. The summed E-state index contributed by atoms with van der Waals surface area (Å²) in [4.78, 5) is 26.6. The fourth-order valence-electron chi connectivity index (χ4n) is 2.00. The summed E-state index contributed by atoms with van der Waals surface area (Å²) in [6.07, 6.45) is 2.81. The quantitative estimate of drug-likeness (QED) is 0.367. The zero-order chi connectivity index (χ0) is 15.9. The molecule has 0 aliphatic heterocycles. The van der Waals surface area contributed by atoms with E-state index in [0.717, 1.165) is 10.9 Å². The molecule has 1 aromatic heterocycles. The van der Waals surface area contributed by atoms with E-state index in [2.05, 4.69) is 10.3 Å². The molecular formula is C16H15N3O3. The maximum atomic E-state index is 12.4. The van der Waals surface area contributed by atoms with E-state index in [1.165, 1.54) is 6.20 Å². The lowest BCUT2D eigenvalue weighted by Gasteiger charge is -2.02. The largest absolute Gasteiger partial charge is 0.465 e. The number of nitriles is 1. The average molecular weight is 297 g/mol. The van der Waals surface area contributed by atoms with Gasteiger partial charge in [-0.05, 0) is 13.0 Å². The molecule has 1 aromatic carbocycles. The SMILES string of the molecule is CCOC(=O)CN/C=C(\C#N)C(=O)c1c[nH]c2ccccc12. The van der Waals surface area contributed by atoms with Crippen molar-refractivity contribution in [3.63, 3.8) is 0 Å². The maximum Gasteiger partial charge on any atom is 0.325 e. The summed E-state index contributed by atoms with van der Waals surface area (Å²) in [6.45, 7) is 1.89. The number of para-hydroxylation sites is 1. The molecule has 0 fully saturated rings. The van der Waals surface area contributed by atoms with Gasteiger partial charge in [0.05, 0.1) is 6.61 Å². The number of hydrogen-bond donors (Lipinski definition) is 2. The fraction of sp³-hybridized carbons (Fsp3) is 0.188. The van der Waals surface area contributed by atoms with E-state index < -0.39 is 11.8 Å². The van der Waals surface area contributed by atoms with Gasteiger partial charge in [-0.25, -0.2) is 0 Å². The van der Waals surface area contributed by atoms with Crippen molar-refractivity contribution in [3.05, 3.63) is 47.8 Å². The Kier molecular flexibility index (Phi) is 4.94. The smallest absolute Gasteiger partial charge is 0.325 e. The normalized spacial score (nSPS) is 11.0. The number of carbonyl (C=O) groups is 2. The molecule has 0 bridgehead atoms. The van der Waals surface area contributed by atoms with Crippen molar-refractivity contribution in [2.45, 2.75) is 6.92 Å². The minimum Gasteiger partial charge on any atom is -0.465 e. The zero-order valence-electron chi connectivity index (χ0n) is 12.1. The van der Waals surface area contributed by atoms with Crippen molar-refractivity contribution >= 4 is 22.7 Å². The molecule has 2 rings (SSSR count). The number of aromatic amines is 1. The van der Waals surface area contributed by atoms with Crippen LogP contribution in [0.4, 0.5) is 0 Å². The Hall–Kier alpha value is -3.07. The topological polar surface area (TPSA) is 95.0 Å². The predicted octanol–water partition coefficient (Wildman–Crippen LogP) is 1.91. The minimum atomic E-state index is -0.449. The standard InChI is InChI=1S/C16H15N3O3/c1-2-22-15(20)10-18-8-11(7-17)16(21)13-9-19-14-6-4-3-5-12(13)14/h3-6,8-9,18-19H,2,10H2,1H3/b11-8+. The second-order valence-corrected chi connectivity index (χ2v) is 4.43. The van der Waals surface area contributed by atoms with Crippen LogP contribution in [-0.4, -0.2) is 29.9 Å². The van der Waals surface area contributed by atoms with E-state index in [1.807, 2.05) is 24.3 Å². The Morgan fingerprint density at radius 2 is 2.18 bits per heavy atom. The molecule has 22 heavy (non-hydrogen) atoms. The number of esters is 1. The molecule has 6 nitrogen and oxygen atoms in total. The highest BCUT2D eigenvalue weighted by Crippen LogP contribution is 2.20. The van der Waals surface area contributed by atoms with Gasteiger partial charge < -0.3 is 15.0 Å². The lowest BCUT2D eigenvalue weighted by molar-refractivity contribution is -0.141. The van der Waals surface area contributed by atoms with Crippen molar-refractivity contribution in [3.8, 4) is 6.07 Å². The number of aromatic nitrogens is 1. The molecule has 0 atom stereocenters. The van der Waals surface area contributed by atoms with Crippen molar-refractivity contribution < 1.29 is 14.3 Å². The van der Waals surface area contributed by atoms with Crippen molar-refractivity contribution in [1.29, 1.82) is 5.26 Å². The number of fused-ring (bicyclic) bond motifs is 1. The van der Waals surface area contributed by atoms with Gasteiger partial charge in [0, 0.05) is 28.9 Å². The summed E-state index contributed by atoms with van der Waals surface area (Å²) in [6, 6.07) is 9.17. The van der Waals surface area contributed by atoms with Crippen LogP contribution in [-0.2, 0) is 9.53 Å². The van der Waals surface area contributed by atoms with Crippen LogP contribution in [0.1, 0.15) is 17.3 Å². The number of ether oxygens (including phenoxy) is 1. The van der Waals surface area contributed by atoms with E-state index in [-0.39, 0.29) is 18.7 Å². The number of nitrogens with zero attached hydrogens (tertiary/aromatic N) is 1. The van der Waals surface area contributed by atoms with Crippen LogP contribution in [0, 0.1) is 11.3 Å². The molecule has 0 aliphatic rings. The van der Waals surface area contributed by atoms with Crippen LogP contribution in [0.25, 0.3) is 10.9 Å². The van der Waals surface area contributed by atoms with E-state index in [1.54, 1.807) is 19.2 Å². The Labute approximate surface area is 127 Å². The predicted molar refractivity (Wildman–Crippen MR) is 81.0 cm³/mol. The van der Waals surface area contributed by atoms with Crippen molar-refractivity contribution in [2.24, 2.45) is 0 Å². The molecule has 0 amide bonds. The highest BCUT2D eigenvalue weighted by Gasteiger charge is 2.16. The molecule has 0 radical (unpaired) electrons. The molecule has 0 unspecified atom stereocenters. The number of allylic oxidation sites excluding steroid dienone is 1. The lowest BCUT2D eigenvalue weighted by atomic mass is 10.0. The van der Waals surface area contributed by atoms with Gasteiger partial charge in [-0.3, -0.25) is 9.59 Å². The third-order valence-corrected chi connectivity index (χ3v) is 3.00. The van der Waals surface area contributed by atoms with Gasteiger partial charge in [0.1, 0.15) is 18.2 Å². The molecule has 0 aliphatic carbocycles. The lowest BCUT2D eigenvalue weighted by Crippen LogP contribution is -2.21. The third kappa shape index (κ3) is 3.33. The summed E-state index contributed by atoms with van der Waals surface area (Å²) in [5.41, 5.74) is 1.16. The Morgan fingerprint density at radius 1 is 1.41 bits per heavy atom. The third-order valence-electron chi connectivity index (χ3n) is 3.00. The van der Waals surface area contributed by atoms with Crippen molar-refractivity contribution in [2.75, 3.05) is 13.2 Å². The van der Waals surface area contributed by atoms with E-state index in [9.17, 15) is 9.59 Å². The number of ketones is 1. The number of Topliss-reactive ketones (excluding diaryl/α,β-unsaturated/α-hetero) is 1. The van der Waals surface area contributed by atoms with Gasteiger partial charge in [-0.1, -0.05) is 18.2 Å². The minimum absolute atomic E-state index is 0.0750. The monoisotopic (exact) mass is 297 g/mol. The summed E-state index contributed by atoms with van der Waals surface area (Å²) >= 11 is 0. The zero-order valence-corrected chi connectivity index (χ0v) is 12.1. The Balaban J connectivity index is 2.15. The molecule has 0 saturated heterocycles. The Morgan fingerprint density at radius 3 is 2.91 bits per heavy atom. The van der Waals surface area contributed by atoms with E-state index in [0.29, 0.717) is 5.56 Å². The van der Waals surface area contributed by atoms with Gasteiger partial charge in [-0.2, -0.15) is 5.26 Å². The molecule has 1 heterocycles. The van der Waals surface area contributed by atoms with Gasteiger partial charge in [0.25, 0.3) is 0 Å². The molecular weight excluding hydrogens is 282 g/mol. The van der Waals surface area contributed by atoms with E-state index >= 15 is 0 Å². The van der Waals surface area contributed by atoms with Crippen LogP contribution in [0.15, 0.2) is 42.2 Å². The molecule has 112 valence electrons. The first-order valence-electron chi connectivity index (χ1n) is 6.77. The van der Waals surface area contributed by atoms with Gasteiger partial charge in [0.15, 0.2) is 0 Å². The van der Waals surface area contributed by atoms with Crippen LogP contribution in [0.2, 0.25) is 0 Å². The highest BCUT2D eigenvalue weighted by atomic mass is 16.5. The van der Waals surface area contributed by atoms with Crippen LogP contribution >= 0.6 is 0 Å². The number of benzene rings is 1. The molecule has 2 aromatic rings. The van der Waals surface area contributed by atoms with Gasteiger partial charge >= 0.3 is 5.97 Å². The fourth-order valence-corrected chi connectivity index (χ4v) is 2.00. The number of H-pyrrole nitrogens is 1. The number of carbonyl (C=O) groups excluding carboxylic acids is 2. The summed E-state index contributed by atoms with van der Waals surface area (Å²) in [7, 11) is 0. The van der Waals surface area contributed by atoms with Crippen molar-refractivity contribution in [1.82, 2.24) is 10.3 Å². The first-order chi connectivity index (χ1) is 10.7. The number of rotatable bonds is 6. The average Bonchev–Trinajstić information content (AvgIpc) is 2.95. The summed E-state index contributed by atoms with van der Waals surface area (Å²) in [5, 5.41) is 12.5. The van der Waals surface area contributed by atoms with Crippen LogP contribution in [0.5, 0.6) is 0 Å². The Bertz CT molecular complexity index is 768. The first-order valence-corrected chi connectivity index (χ1v) is 6.77. The number of nitrogens with one attached hydrogen (secondary N) is 2. The van der Waals surface area contributed by atoms with Crippen LogP contribution in [0.3, 0.4) is 0 Å². The highest BCUT2D eigenvalue weighted by molar-refractivity contribution is 6.17. The van der Waals surface area contributed by atoms with E-state index in [4.69, 9.17) is 10.00 Å². The molecule has 0 saturated carbocycles. The van der Waals surface area contributed by atoms with Gasteiger partial charge in [-0.15, -0.1) is 0 Å². The summed E-state index contributed by atoms with van der Waals surface area (Å²) < 4.78 is 4.74. The second kappa shape index (κ2) is 7.09. The first kappa shape index (κ1) is 15.3. The van der Waals surface area contributed by atoms with Crippen LogP contribution < -0.4 is 5.32 Å². The molecule has 0 spiro atoms. The molecule has 6 heteroatoms. The maximum absolute atomic E-state index is 12.4. The second-order valence-electron chi connectivity index (χ2n) is 4.43. The van der Waals surface area contributed by atoms with Gasteiger partial charge in [0.2, 0.25) is 5.78 Å². The number of hydrogen-bond acceptors (Lipinski definition) is 5. The summed E-state index contributed by atoms with van der Waals surface area (Å²) in [5.74, 6) is -0.855.